The summed E-state index contributed by atoms with van der Waals surface area (Å²) in [6.07, 6.45) is -13.4. The molecular formula is C14H25NO11. The van der Waals surface area contributed by atoms with E-state index in [0.29, 0.717) is 0 Å². The van der Waals surface area contributed by atoms with Crippen molar-refractivity contribution in [3.8, 4) is 0 Å². The number of aliphatic hydroxyl groups excluding tert-OH is 7. The van der Waals surface area contributed by atoms with Gasteiger partial charge in [-0.25, -0.2) is 0 Å². The highest BCUT2D eigenvalue weighted by Crippen LogP contribution is 2.24. The topological polar surface area (TPSA) is 198 Å². The largest absolute Gasteiger partial charge is 0.394 e. The maximum atomic E-state index is 11.1. The van der Waals surface area contributed by atoms with Crippen LogP contribution < -0.4 is 5.32 Å². The second kappa shape index (κ2) is 8.84. The van der Waals surface area contributed by atoms with Crippen LogP contribution in [0, 0.1) is 0 Å². The van der Waals surface area contributed by atoms with E-state index < -0.39 is 80.5 Å². The van der Waals surface area contributed by atoms with Crippen molar-refractivity contribution in [1.82, 2.24) is 5.32 Å². The lowest BCUT2D eigenvalue weighted by Gasteiger charge is -2.42. The van der Waals surface area contributed by atoms with E-state index in [1.807, 2.05) is 0 Å². The monoisotopic (exact) mass is 383 g/mol. The van der Waals surface area contributed by atoms with Crippen molar-refractivity contribution in [2.24, 2.45) is 0 Å². The molecule has 12 heteroatoms. The highest BCUT2D eigenvalue weighted by molar-refractivity contribution is 5.73. The van der Waals surface area contributed by atoms with Crippen molar-refractivity contribution < 1.29 is 54.8 Å². The summed E-state index contributed by atoms with van der Waals surface area (Å²) in [5.74, 6) is -0.542. The van der Waals surface area contributed by atoms with Gasteiger partial charge in [-0.05, 0) is 0 Å². The fourth-order valence-electron chi connectivity index (χ4n) is 2.87. The summed E-state index contributed by atoms with van der Waals surface area (Å²) >= 11 is 0. The van der Waals surface area contributed by atoms with Crippen LogP contribution in [0.25, 0.3) is 0 Å². The average Bonchev–Trinajstić information content (AvgIpc) is 2.59. The molecule has 1 amide bonds. The third-order valence-electron chi connectivity index (χ3n) is 4.36. The predicted octanol–water partition coefficient (Wildman–Crippen LogP) is -5.25. The molecule has 0 radical (unpaired) electrons. The maximum absolute atomic E-state index is 11.1. The molecule has 2 fully saturated rings. The third kappa shape index (κ3) is 4.48. The highest BCUT2D eigenvalue weighted by atomic mass is 16.7. The Balaban J connectivity index is 1.95. The molecule has 2 rings (SSSR count). The molecule has 0 aliphatic carbocycles. The van der Waals surface area contributed by atoms with Gasteiger partial charge in [0.25, 0.3) is 0 Å². The maximum Gasteiger partial charge on any atom is 0.217 e. The van der Waals surface area contributed by atoms with Crippen molar-refractivity contribution in [1.29, 1.82) is 0 Å². The normalized spacial score (nSPS) is 46.8. The van der Waals surface area contributed by atoms with E-state index in [1.54, 1.807) is 0 Å². The molecule has 0 saturated carbocycles. The van der Waals surface area contributed by atoms with Gasteiger partial charge in [-0.15, -0.1) is 0 Å². The number of carbonyl (C=O) groups excluding carboxylic acids is 1. The summed E-state index contributed by atoms with van der Waals surface area (Å²) in [6, 6.07) is -1.24. The molecule has 0 aromatic rings. The lowest BCUT2D eigenvalue weighted by molar-refractivity contribution is -0.318. The van der Waals surface area contributed by atoms with Crippen molar-refractivity contribution in [3.05, 3.63) is 0 Å². The quantitative estimate of drug-likeness (QED) is 0.226. The molecular weight excluding hydrogens is 358 g/mol. The summed E-state index contributed by atoms with van der Waals surface area (Å²) in [7, 11) is 0. The fraction of sp³-hybridized carbons (Fsp3) is 0.929. The van der Waals surface area contributed by atoms with E-state index in [-0.39, 0.29) is 0 Å². The van der Waals surface area contributed by atoms with Crippen LogP contribution in [0.2, 0.25) is 0 Å². The molecule has 0 aromatic heterocycles. The van der Waals surface area contributed by atoms with E-state index in [4.69, 9.17) is 19.3 Å². The lowest BCUT2D eigenvalue weighted by atomic mass is 9.97. The standard InChI is InChI=1S/C14H25NO11/c1-4(17)15-7-10(20)9(19)6(25-13(7)23)3-24-14-12(22)11(21)8(18)5(2-16)26-14/h5-14,16,18-23H,2-3H2,1H3,(H,15,17)/t5-,6-,7-,8+,9-,10-,11+,12-,13?,14+/m1/s1. The van der Waals surface area contributed by atoms with Gasteiger partial charge < -0.3 is 55.3 Å². The van der Waals surface area contributed by atoms with Crippen LogP contribution in [-0.2, 0) is 19.0 Å². The smallest absolute Gasteiger partial charge is 0.217 e. The van der Waals surface area contributed by atoms with Gasteiger partial charge in [0.1, 0.15) is 48.8 Å². The first-order valence-electron chi connectivity index (χ1n) is 8.06. The number of nitrogens with one attached hydrogen (secondary N) is 1. The Hall–Kier alpha value is -0.930. The SMILES string of the molecule is CC(=O)N[C@H]1C(O)O[C@H](CO[C@H]2O[C@H](CO)[C@H](O)[C@H](O)[C@H]2O)[C@@H](O)[C@@H]1O. The van der Waals surface area contributed by atoms with Crippen LogP contribution in [0.1, 0.15) is 6.92 Å². The Morgan fingerprint density at radius 2 is 1.54 bits per heavy atom. The lowest BCUT2D eigenvalue weighted by Crippen LogP contribution is -2.64. The predicted molar refractivity (Wildman–Crippen MR) is 80.2 cm³/mol. The number of aliphatic hydroxyl groups is 7. The summed E-state index contributed by atoms with van der Waals surface area (Å²) in [6.45, 7) is 0.0636. The molecule has 2 heterocycles. The van der Waals surface area contributed by atoms with Crippen LogP contribution in [0.4, 0.5) is 0 Å². The van der Waals surface area contributed by atoms with Crippen molar-refractivity contribution >= 4 is 5.91 Å². The molecule has 12 nitrogen and oxygen atoms in total. The second-order valence-corrected chi connectivity index (χ2v) is 6.30. The van der Waals surface area contributed by atoms with Gasteiger partial charge in [0.15, 0.2) is 12.6 Å². The number of hydrogen-bond acceptors (Lipinski definition) is 11. The molecule has 1 unspecified atom stereocenters. The number of amides is 1. The van der Waals surface area contributed by atoms with Gasteiger partial charge in [-0.1, -0.05) is 0 Å². The van der Waals surface area contributed by atoms with E-state index in [0.717, 1.165) is 0 Å². The summed E-state index contributed by atoms with van der Waals surface area (Å²) in [5.41, 5.74) is 0. The number of ether oxygens (including phenoxy) is 3. The number of hydrogen-bond donors (Lipinski definition) is 8. The molecule has 0 bridgehead atoms. The molecule has 2 aliphatic heterocycles. The minimum atomic E-state index is -1.64. The van der Waals surface area contributed by atoms with Crippen LogP contribution in [-0.4, -0.2) is 116 Å². The molecule has 2 saturated heterocycles. The van der Waals surface area contributed by atoms with Gasteiger partial charge in [0, 0.05) is 6.92 Å². The van der Waals surface area contributed by atoms with E-state index in [2.05, 4.69) is 5.32 Å². The van der Waals surface area contributed by atoms with Crippen LogP contribution >= 0.6 is 0 Å². The first-order valence-corrected chi connectivity index (χ1v) is 8.06. The molecule has 26 heavy (non-hydrogen) atoms. The zero-order valence-electron chi connectivity index (χ0n) is 14.0. The van der Waals surface area contributed by atoms with Crippen LogP contribution in [0.15, 0.2) is 0 Å². The van der Waals surface area contributed by atoms with Gasteiger partial charge in [-0.2, -0.15) is 0 Å². The number of rotatable bonds is 5. The van der Waals surface area contributed by atoms with Crippen LogP contribution in [0.3, 0.4) is 0 Å². The number of carbonyl (C=O) groups is 1. The minimum absolute atomic E-state index is 0.467. The van der Waals surface area contributed by atoms with Crippen molar-refractivity contribution in [2.75, 3.05) is 13.2 Å². The fourth-order valence-corrected chi connectivity index (χ4v) is 2.87. The Morgan fingerprint density at radius 1 is 0.923 bits per heavy atom. The van der Waals surface area contributed by atoms with Crippen molar-refractivity contribution in [3.63, 3.8) is 0 Å². The summed E-state index contributed by atoms with van der Waals surface area (Å²) in [5, 5.41) is 70.6. The van der Waals surface area contributed by atoms with E-state index >= 15 is 0 Å². The van der Waals surface area contributed by atoms with Crippen molar-refractivity contribution in [2.45, 2.75) is 68.3 Å². The van der Waals surface area contributed by atoms with Gasteiger partial charge >= 0.3 is 0 Å². The van der Waals surface area contributed by atoms with E-state index in [1.165, 1.54) is 6.92 Å². The Morgan fingerprint density at radius 3 is 2.12 bits per heavy atom. The third-order valence-corrected chi connectivity index (χ3v) is 4.36. The second-order valence-electron chi connectivity index (χ2n) is 6.30. The highest BCUT2D eigenvalue weighted by Gasteiger charge is 2.47. The molecule has 10 atom stereocenters. The van der Waals surface area contributed by atoms with Gasteiger partial charge in [0.05, 0.1) is 13.2 Å². The first kappa shape index (κ1) is 21.4. The summed E-state index contributed by atoms with van der Waals surface area (Å²) in [4.78, 5) is 11.1. The zero-order chi connectivity index (χ0) is 19.6. The first-order chi connectivity index (χ1) is 12.2. The molecule has 0 aromatic carbocycles. The molecule has 152 valence electrons. The van der Waals surface area contributed by atoms with Gasteiger partial charge in [0.2, 0.25) is 5.91 Å². The Labute approximate surface area is 148 Å². The minimum Gasteiger partial charge on any atom is -0.394 e. The molecule has 8 N–H and O–H groups in total. The summed E-state index contributed by atoms with van der Waals surface area (Å²) < 4.78 is 15.5. The van der Waals surface area contributed by atoms with E-state index in [9.17, 15) is 35.4 Å². The Bertz CT molecular complexity index is 478. The van der Waals surface area contributed by atoms with Crippen LogP contribution in [0.5, 0.6) is 0 Å². The Kier molecular flexibility index (Phi) is 7.27. The van der Waals surface area contributed by atoms with Gasteiger partial charge in [-0.3, -0.25) is 4.79 Å². The zero-order valence-corrected chi connectivity index (χ0v) is 14.0. The molecule has 2 aliphatic rings. The average molecular weight is 383 g/mol. The molecule has 0 spiro atoms.